The molecule has 1 amide bonds. The predicted octanol–water partition coefficient (Wildman–Crippen LogP) is 6.18. The zero-order valence-corrected chi connectivity index (χ0v) is 17.8. The number of para-hydroxylation sites is 1. The molecule has 3 rings (SSSR count). The van der Waals surface area contributed by atoms with Crippen LogP contribution >= 0.6 is 23.2 Å². The SMILES string of the molecule is CCCCn1c(C)cc(=O)c(C(=O)Nc2ccccc2Cl)c1-c1ccccc1Cl. The minimum Gasteiger partial charge on any atom is -0.344 e. The molecule has 0 unspecified atom stereocenters. The monoisotopic (exact) mass is 428 g/mol. The van der Waals surface area contributed by atoms with Gasteiger partial charge in [-0.05, 0) is 31.5 Å². The number of rotatable bonds is 6. The third-order valence-corrected chi connectivity index (χ3v) is 5.39. The Morgan fingerprint density at radius 1 is 1.03 bits per heavy atom. The summed E-state index contributed by atoms with van der Waals surface area (Å²) in [6.45, 7) is 4.64. The molecule has 150 valence electrons. The highest BCUT2D eigenvalue weighted by atomic mass is 35.5. The quantitative estimate of drug-likeness (QED) is 0.509. The number of nitrogens with one attached hydrogen (secondary N) is 1. The van der Waals surface area contributed by atoms with Crippen LogP contribution in [0.5, 0.6) is 0 Å². The van der Waals surface area contributed by atoms with E-state index in [-0.39, 0.29) is 11.0 Å². The fourth-order valence-electron chi connectivity index (χ4n) is 3.27. The van der Waals surface area contributed by atoms with E-state index in [2.05, 4.69) is 12.2 Å². The van der Waals surface area contributed by atoms with Crippen molar-refractivity contribution < 1.29 is 4.79 Å². The number of nitrogens with zero attached hydrogens (tertiary/aromatic N) is 1. The molecule has 4 nitrogen and oxygen atoms in total. The maximum absolute atomic E-state index is 13.2. The second-order valence-corrected chi connectivity index (χ2v) is 7.61. The average molecular weight is 429 g/mol. The molecule has 0 aliphatic rings. The summed E-state index contributed by atoms with van der Waals surface area (Å²) in [5.41, 5.74) is 2.11. The van der Waals surface area contributed by atoms with Crippen LogP contribution in [0.15, 0.2) is 59.4 Å². The van der Waals surface area contributed by atoms with Crippen LogP contribution in [0.2, 0.25) is 10.0 Å². The van der Waals surface area contributed by atoms with E-state index < -0.39 is 5.91 Å². The molecule has 0 spiro atoms. The van der Waals surface area contributed by atoms with Crippen molar-refractivity contribution in [3.63, 3.8) is 0 Å². The Morgan fingerprint density at radius 3 is 2.34 bits per heavy atom. The van der Waals surface area contributed by atoms with Gasteiger partial charge in [-0.3, -0.25) is 9.59 Å². The van der Waals surface area contributed by atoms with Gasteiger partial charge in [0.05, 0.1) is 16.4 Å². The minimum absolute atomic E-state index is 0.0553. The predicted molar refractivity (Wildman–Crippen MR) is 120 cm³/mol. The zero-order valence-electron chi connectivity index (χ0n) is 16.3. The number of benzene rings is 2. The highest BCUT2D eigenvalue weighted by Gasteiger charge is 2.23. The molecule has 6 heteroatoms. The van der Waals surface area contributed by atoms with Gasteiger partial charge in [-0.25, -0.2) is 0 Å². The number of aromatic nitrogens is 1. The van der Waals surface area contributed by atoms with Gasteiger partial charge in [0.1, 0.15) is 5.56 Å². The van der Waals surface area contributed by atoms with Crippen LogP contribution in [-0.4, -0.2) is 10.5 Å². The molecule has 1 N–H and O–H groups in total. The third-order valence-electron chi connectivity index (χ3n) is 4.73. The number of hydrogen-bond donors (Lipinski definition) is 1. The Kier molecular flexibility index (Phi) is 6.78. The van der Waals surface area contributed by atoms with Crippen LogP contribution < -0.4 is 10.7 Å². The van der Waals surface area contributed by atoms with E-state index in [1.54, 1.807) is 30.3 Å². The van der Waals surface area contributed by atoms with Gasteiger partial charge in [0.2, 0.25) is 0 Å². The number of pyridine rings is 1. The largest absolute Gasteiger partial charge is 0.344 e. The summed E-state index contributed by atoms with van der Waals surface area (Å²) in [6.07, 6.45) is 1.89. The summed E-state index contributed by atoms with van der Waals surface area (Å²) < 4.78 is 1.99. The molecular formula is C23H22Cl2N2O2. The van der Waals surface area contributed by atoms with Gasteiger partial charge < -0.3 is 9.88 Å². The molecule has 0 fully saturated rings. The van der Waals surface area contributed by atoms with Gasteiger partial charge in [0.15, 0.2) is 5.43 Å². The molecule has 0 bridgehead atoms. The van der Waals surface area contributed by atoms with Crippen molar-refractivity contribution in [3.8, 4) is 11.3 Å². The summed E-state index contributed by atoms with van der Waals surface area (Å²) in [5.74, 6) is -0.511. The van der Waals surface area contributed by atoms with Crippen molar-refractivity contribution in [2.45, 2.75) is 33.2 Å². The van der Waals surface area contributed by atoms with Gasteiger partial charge in [-0.2, -0.15) is 0 Å². The van der Waals surface area contributed by atoms with Gasteiger partial charge >= 0.3 is 0 Å². The molecule has 29 heavy (non-hydrogen) atoms. The lowest BCUT2D eigenvalue weighted by atomic mass is 10.0. The van der Waals surface area contributed by atoms with E-state index in [9.17, 15) is 9.59 Å². The summed E-state index contributed by atoms with van der Waals surface area (Å²) in [4.78, 5) is 26.1. The van der Waals surface area contributed by atoms with Crippen molar-refractivity contribution >= 4 is 34.8 Å². The van der Waals surface area contributed by atoms with Crippen molar-refractivity contribution in [2.75, 3.05) is 5.32 Å². The number of anilines is 1. The average Bonchev–Trinajstić information content (AvgIpc) is 2.69. The highest BCUT2D eigenvalue weighted by Crippen LogP contribution is 2.31. The van der Waals surface area contributed by atoms with Gasteiger partial charge in [-0.15, -0.1) is 0 Å². The van der Waals surface area contributed by atoms with E-state index in [4.69, 9.17) is 23.2 Å². The Balaban J connectivity index is 2.22. The molecule has 0 radical (unpaired) electrons. The molecule has 0 atom stereocenters. The lowest BCUT2D eigenvalue weighted by molar-refractivity contribution is 0.102. The second kappa shape index (κ2) is 9.29. The van der Waals surface area contributed by atoms with Gasteiger partial charge in [0.25, 0.3) is 5.91 Å². The van der Waals surface area contributed by atoms with Crippen LogP contribution in [0.1, 0.15) is 35.8 Å². The van der Waals surface area contributed by atoms with Crippen molar-refractivity contribution in [2.24, 2.45) is 0 Å². The second-order valence-electron chi connectivity index (χ2n) is 6.79. The molecule has 2 aromatic carbocycles. The molecule has 0 saturated heterocycles. The van der Waals surface area contributed by atoms with Crippen LogP contribution in [0.4, 0.5) is 5.69 Å². The Morgan fingerprint density at radius 2 is 1.69 bits per heavy atom. The standard InChI is InChI=1S/C23H22Cl2N2O2/c1-3-4-13-27-15(2)14-20(28)21(22(27)16-9-5-6-10-17(16)24)23(29)26-19-12-8-7-11-18(19)25/h5-12,14H,3-4,13H2,1-2H3,(H,26,29). The highest BCUT2D eigenvalue weighted by molar-refractivity contribution is 6.34. The lowest BCUT2D eigenvalue weighted by Crippen LogP contribution is -2.27. The van der Waals surface area contributed by atoms with E-state index in [0.717, 1.165) is 18.5 Å². The first kappa shape index (κ1) is 21.2. The van der Waals surface area contributed by atoms with Crippen LogP contribution in [-0.2, 0) is 6.54 Å². The van der Waals surface area contributed by atoms with Crippen molar-refractivity contribution in [3.05, 3.63) is 86.1 Å². The summed E-state index contributed by atoms with van der Waals surface area (Å²) in [6, 6.07) is 15.7. The normalized spacial score (nSPS) is 10.8. The van der Waals surface area contributed by atoms with E-state index >= 15 is 0 Å². The smallest absolute Gasteiger partial charge is 0.261 e. The van der Waals surface area contributed by atoms with E-state index in [1.807, 2.05) is 29.7 Å². The van der Waals surface area contributed by atoms with Crippen LogP contribution in [0, 0.1) is 6.92 Å². The Hall–Kier alpha value is -2.56. The first-order chi connectivity index (χ1) is 13.9. The zero-order chi connectivity index (χ0) is 21.0. The number of unbranched alkanes of at least 4 members (excludes halogenated alkanes) is 1. The summed E-state index contributed by atoms with van der Waals surface area (Å²) in [7, 11) is 0. The number of hydrogen-bond acceptors (Lipinski definition) is 2. The molecular weight excluding hydrogens is 407 g/mol. The Labute approximate surface area is 180 Å². The van der Waals surface area contributed by atoms with Gasteiger partial charge in [-0.1, -0.05) is 66.9 Å². The topological polar surface area (TPSA) is 51.1 Å². The third kappa shape index (κ3) is 4.55. The van der Waals surface area contributed by atoms with E-state index in [1.165, 1.54) is 6.07 Å². The van der Waals surface area contributed by atoms with Gasteiger partial charge in [0, 0.05) is 28.9 Å². The summed E-state index contributed by atoms with van der Waals surface area (Å²) in [5, 5.41) is 3.65. The molecule has 1 aromatic heterocycles. The first-order valence-electron chi connectivity index (χ1n) is 9.49. The number of aryl methyl sites for hydroxylation is 1. The van der Waals surface area contributed by atoms with Crippen molar-refractivity contribution in [1.82, 2.24) is 4.57 Å². The Bertz CT molecular complexity index is 1110. The molecule has 0 aliphatic heterocycles. The first-order valence-corrected chi connectivity index (χ1v) is 10.2. The molecule has 0 aliphatic carbocycles. The lowest BCUT2D eigenvalue weighted by Gasteiger charge is -2.21. The molecule has 0 saturated carbocycles. The van der Waals surface area contributed by atoms with Crippen LogP contribution in [0.25, 0.3) is 11.3 Å². The number of halogens is 2. The van der Waals surface area contributed by atoms with Crippen LogP contribution in [0.3, 0.4) is 0 Å². The van der Waals surface area contributed by atoms with Crippen molar-refractivity contribution in [1.29, 1.82) is 0 Å². The maximum atomic E-state index is 13.2. The molecule has 1 heterocycles. The fourth-order valence-corrected chi connectivity index (χ4v) is 3.68. The maximum Gasteiger partial charge on any atom is 0.261 e. The molecule has 3 aromatic rings. The number of carbonyl (C=O) groups excluding carboxylic acids is 1. The minimum atomic E-state index is -0.511. The number of carbonyl (C=O) groups is 1. The summed E-state index contributed by atoms with van der Waals surface area (Å²) >= 11 is 12.6. The fraction of sp³-hybridized carbons (Fsp3) is 0.217. The number of amides is 1. The van der Waals surface area contributed by atoms with E-state index in [0.29, 0.717) is 33.5 Å².